The number of hydrogen-bond donors (Lipinski definition) is 0. The monoisotopic (exact) mass is 413 g/mol. The lowest BCUT2D eigenvalue weighted by atomic mass is 9.32. The topological polar surface area (TPSA) is 3.01 Å². The van der Waals surface area contributed by atoms with E-state index in [9.17, 15) is 0 Å². The van der Waals surface area contributed by atoms with E-state index in [4.69, 9.17) is 0 Å². The number of nitrogens with zero attached hydrogens (tertiary/aromatic N) is 1. The van der Waals surface area contributed by atoms with Gasteiger partial charge in [0.2, 0.25) is 0 Å². The second kappa shape index (κ2) is 4.84. The summed E-state index contributed by atoms with van der Waals surface area (Å²) in [7, 11) is 0. The predicted molar refractivity (Wildman–Crippen MR) is 124 cm³/mol. The Morgan fingerprint density at radius 1 is 1.10 bits per heavy atom. The van der Waals surface area contributed by atoms with Gasteiger partial charge in [0.05, 0.1) is 0 Å². The Kier molecular flexibility index (Phi) is 2.75. The fourth-order valence-corrected chi connectivity index (χ4v) is 13.2. The van der Waals surface area contributed by atoms with Gasteiger partial charge in [0.1, 0.15) is 0 Å². The van der Waals surface area contributed by atoms with Gasteiger partial charge in [-0.15, -0.1) is 0 Å². The van der Waals surface area contributed by atoms with Crippen molar-refractivity contribution in [3.63, 3.8) is 0 Å². The molecule has 31 heavy (non-hydrogen) atoms. The van der Waals surface area contributed by atoms with Crippen LogP contribution in [0.15, 0.2) is 33.9 Å². The molecule has 2 aliphatic heterocycles. The van der Waals surface area contributed by atoms with Crippen LogP contribution < -0.4 is 0 Å². The Morgan fingerprint density at radius 2 is 2.00 bits per heavy atom. The van der Waals surface area contributed by atoms with E-state index < -0.39 is 0 Å². The molecule has 1 heteroatoms. The minimum atomic E-state index is 0.505. The van der Waals surface area contributed by atoms with Crippen LogP contribution in [0.25, 0.3) is 0 Å². The van der Waals surface area contributed by atoms with E-state index in [1.807, 2.05) is 27.9 Å². The first-order chi connectivity index (χ1) is 15.0. The molecule has 1 saturated heterocycles. The van der Waals surface area contributed by atoms with Crippen LogP contribution in [0.5, 0.6) is 0 Å². The van der Waals surface area contributed by atoms with Crippen molar-refractivity contribution in [1.82, 2.24) is 4.90 Å². The molecule has 0 N–H and O–H groups in total. The molecule has 0 aromatic heterocycles. The normalized spacial score (nSPS) is 61.6. The van der Waals surface area contributed by atoms with Crippen molar-refractivity contribution in [2.24, 2.45) is 39.9 Å². The highest BCUT2D eigenvalue weighted by atomic mass is 15.4. The maximum absolute atomic E-state index is 3.18. The zero-order chi connectivity index (χ0) is 20.5. The van der Waals surface area contributed by atoms with E-state index in [-0.39, 0.29) is 0 Å². The SMILES string of the molecule is CC1=C2CC34C5CCC(C6=CCC7=C6C3N3CC36CCCC6C7)C4(C)C2(CC1)C(C)C5. The molecular formula is C30H39N. The van der Waals surface area contributed by atoms with Crippen LogP contribution in [0.4, 0.5) is 0 Å². The van der Waals surface area contributed by atoms with Gasteiger partial charge in [0.25, 0.3) is 0 Å². The fourth-order valence-electron chi connectivity index (χ4n) is 13.2. The summed E-state index contributed by atoms with van der Waals surface area (Å²) < 4.78 is 0. The second-order valence-electron chi connectivity index (χ2n) is 13.9. The molecular weight excluding hydrogens is 374 g/mol. The summed E-state index contributed by atoms with van der Waals surface area (Å²) in [4.78, 5) is 3.18. The summed E-state index contributed by atoms with van der Waals surface area (Å²) in [6.07, 6.45) is 19.0. The quantitative estimate of drug-likeness (QED) is 0.311. The van der Waals surface area contributed by atoms with E-state index in [0.717, 1.165) is 29.7 Å². The lowest BCUT2D eigenvalue weighted by Crippen LogP contribution is -2.70. The van der Waals surface area contributed by atoms with Crippen molar-refractivity contribution < 1.29 is 0 Å². The molecule has 0 aromatic rings. The maximum Gasteiger partial charge on any atom is 0.0425 e. The fraction of sp³-hybridized carbons (Fsp3) is 0.800. The Hall–Kier alpha value is -0.820. The van der Waals surface area contributed by atoms with E-state index in [1.54, 1.807) is 0 Å². The van der Waals surface area contributed by atoms with E-state index in [1.165, 1.54) is 77.2 Å². The summed E-state index contributed by atoms with van der Waals surface area (Å²) in [6.45, 7) is 9.55. The van der Waals surface area contributed by atoms with Gasteiger partial charge in [-0.1, -0.05) is 43.1 Å². The minimum absolute atomic E-state index is 0.505. The smallest absolute Gasteiger partial charge is 0.0425 e. The summed E-state index contributed by atoms with van der Waals surface area (Å²) in [5.41, 5.74) is 11.8. The number of allylic oxidation sites excluding steroid dienone is 4. The molecule has 2 spiro atoms. The molecule has 2 heterocycles. The third-order valence-electron chi connectivity index (χ3n) is 14.1. The lowest BCUT2D eigenvalue weighted by molar-refractivity contribution is -0.206. The number of rotatable bonds is 0. The molecule has 10 unspecified atom stereocenters. The van der Waals surface area contributed by atoms with Crippen LogP contribution in [-0.4, -0.2) is 23.0 Å². The molecule has 10 atom stereocenters. The van der Waals surface area contributed by atoms with Crippen molar-refractivity contribution in [3.05, 3.63) is 33.9 Å². The van der Waals surface area contributed by atoms with Gasteiger partial charge in [-0.05, 0) is 111 Å². The van der Waals surface area contributed by atoms with Crippen molar-refractivity contribution in [2.75, 3.05) is 6.54 Å². The zero-order valence-electron chi connectivity index (χ0n) is 19.9. The summed E-state index contributed by atoms with van der Waals surface area (Å²) in [6, 6.07) is 0.779. The molecule has 0 amide bonds. The lowest BCUT2D eigenvalue weighted by Gasteiger charge is -2.72. The van der Waals surface area contributed by atoms with Crippen LogP contribution in [0.3, 0.4) is 0 Å². The van der Waals surface area contributed by atoms with Crippen molar-refractivity contribution in [3.8, 4) is 0 Å². The van der Waals surface area contributed by atoms with Gasteiger partial charge in [-0.25, -0.2) is 0 Å². The Labute approximate surface area is 188 Å². The molecule has 164 valence electrons. The molecule has 9 aliphatic rings. The van der Waals surface area contributed by atoms with Gasteiger partial charge in [0.15, 0.2) is 0 Å². The molecule has 1 nitrogen and oxygen atoms in total. The van der Waals surface area contributed by atoms with E-state index in [2.05, 4.69) is 31.7 Å². The second-order valence-corrected chi connectivity index (χ2v) is 13.9. The third kappa shape index (κ3) is 1.44. The average molecular weight is 414 g/mol. The standard InChI is InChI=1S/C30H39N/c1-17-10-12-29-18(2)13-21-7-9-23-22-8-6-19-14-20-5-4-11-28(20)16-31(28)26(25(19)22)30(21,15-24(17)29)27(23,29)3/h8,18,20-21,23,26H,4-7,9-16H2,1-3H3. The van der Waals surface area contributed by atoms with Crippen LogP contribution >= 0.6 is 0 Å². The van der Waals surface area contributed by atoms with E-state index in [0.29, 0.717) is 21.8 Å². The van der Waals surface area contributed by atoms with Crippen LogP contribution in [0.2, 0.25) is 0 Å². The van der Waals surface area contributed by atoms with Crippen LogP contribution in [0.1, 0.15) is 91.4 Å². The largest absolute Gasteiger partial charge is 0.287 e. The Morgan fingerprint density at radius 3 is 2.90 bits per heavy atom. The third-order valence-corrected chi connectivity index (χ3v) is 14.1. The first-order valence-corrected chi connectivity index (χ1v) is 13.9. The first kappa shape index (κ1) is 17.6. The highest BCUT2D eigenvalue weighted by molar-refractivity contribution is 5.60. The first-order valence-electron chi connectivity index (χ1n) is 13.9. The van der Waals surface area contributed by atoms with Crippen molar-refractivity contribution >= 4 is 0 Å². The highest BCUT2D eigenvalue weighted by Gasteiger charge is 2.84. The van der Waals surface area contributed by atoms with Gasteiger partial charge >= 0.3 is 0 Å². The summed E-state index contributed by atoms with van der Waals surface area (Å²) in [5.74, 6) is 3.70. The molecule has 9 rings (SSSR count). The van der Waals surface area contributed by atoms with Crippen LogP contribution in [0, 0.1) is 39.9 Å². The predicted octanol–water partition coefficient (Wildman–Crippen LogP) is 6.81. The molecule has 7 aliphatic carbocycles. The number of fused-ring (bicyclic) bond motifs is 2. The molecule has 5 saturated carbocycles. The van der Waals surface area contributed by atoms with Gasteiger partial charge < -0.3 is 0 Å². The zero-order valence-corrected chi connectivity index (χ0v) is 19.9. The van der Waals surface area contributed by atoms with Crippen LogP contribution in [-0.2, 0) is 0 Å². The molecule has 0 aromatic carbocycles. The van der Waals surface area contributed by atoms with Crippen molar-refractivity contribution in [2.45, 2.75) is 103 Å². The van der Waals surface area contributed by atoms with Gasteiger partial charge in [0, 0.05) is 29.0 Å². The Bertz CT molecular complexity index is 1060. The molecule has 5 bridgehead atoms. The number of hydrogen-bond acceptors (Lipinski definition) is 1. The highest BCUT2D eigenvalue weighted by Crippen LogP contribution is 2.88. The maximum atomic E-state index is 3.18. The average Bonchev–Trinajstić information content (AvgIpc) is 2.97. The summed E-state index contributed by atoms with van der Waals surface area (Å²) in [5, 5.41) is 0. The van der Waals surface area contributed by atoms with Gasteiger partial charge in [-0.2, -0.15) is 0 Å². The summed E-state index contributed by atoms with van der Waals surface area (Å²) >= 11 is 0. The Balaban J connectivity index is 1.38. The minimum Gasteiger partial charge on any atom is -0.287 e. The van der Waals surface area contributed by atoms with Crippen molar-refractivity contribution in [1.29, 1.82) is 0 Å². The van der Waals surface area contributed by atoms with Gasteiger partial charge in [-0.3, -0.25) is 4.90 Å². The molecule has 0 radical (unpaired) electrons. The van der Waals surface area contributed by atoms with E-state index >= 15 is 0 Å². The molecule has 6 fully saturated rings.